The summed E-state index contributed by atoms with van der Waals surface area (Å²) in [4.78, 5) is 13.6. The summed E-state index contributed by atoms with van der Waals surface area (Å²) < 4.78 is 0. The number of aryl methyl sites for hydroxylation is 1. The molecule has 0 bridgehead atoms. The predicted octanol–water partition coefficient (Wildman–Crippen LogP) is 4.23. The molecule has 2 heterocycles. The van der Waals surface area contributed by atoms with Gasteiger partial charge in [-0.1, -0.05) is 13.8 Å². The Bertz CT molecular complexity index is 536. The first-order valence-electron chi connectivity index (χ1n) is 6.75. The molecule has 0 atom stereocenters. The molecule has 0 aliphatic heterocycles. The fourth-order valence-corrected chi connectivity index (χ4v) is 3.50. The average Bonchev–Trinajstić information content (AvgIpc) is 2.79. The Morgan fingerprint density at radius 2 is 2.05 bits per heavy atom. The van der Waals surface area contributed by atoms with Crippen LogP contribution in [0, 0.1) is 6.92 Å². The molecule has 2 aromatic rings. The molecular weight excluding hydrogens is 278 g/mol. The van der Waals surface area contributed by atoms with Crippen LogP contribution >= 0.6 is 22.9 Å². The van der Waals surface area contributed by atoms with Crippen LogP contribution in [0.4, 0.5) is 5.82 Å². The van der Waals surface area contributed by atoms with Gasteiger partial charge in [0.1, 0.15) is 17.0 Å². The lowest BCUT2D eigenvalue weighted by molar-refractivity contribution is 0.564. The first kappa shape index (κ1) is 14.5. The van der Waals surface area contributed by atoms with Crippen molar-refractivity contribution >= 4 is 39.0 Å². The lowest BCUT2D eigenvalue weighted by Gasteiger charge is -2.31. The van der Waals surface area contributed by atoms with E-state index in [1.54, 1.807) is 17.7 Å². The molecule has 0 saturated heterocycles. The van der Waals surface area contributed by atoms with Crippen molar-refractivity contribution in [3.63, 3.8) is 0 Å². The minimum absolute atomic E-state index is 0.483. The SMILES string of the molecule is CCC(CC)N(CCCl)c1ncnc2sc(C)cc12. The zero-order chi connectivity index (χ0) is 13.8. The highest BCUT2D eigenvalue weighted by Crippen LogP contribution is 2.31. The first-order valence-corrected chi connectivity index (χ1v) is 8.10. The molecular formula is C14H20ClN3S. The number of fused-ring (bicyclic) bond motifs is 1. The molecule has 0 spiro atoms. The smallest absolute Gasteiger partial charge is 0.141 e. The van der Waals surface area contributed by atoms with Gasteiger partial charge in [-0.05, 0) is 25.8 Å². The molecule has 0 aliphatic rings. The van der Waals surface area contributed by atoms with E-state index in [0.29, 0.717) is 11.9 Å². The highest BCUT2D eigenvalue weighted by molar-refractivity contribution is 7.18. The van der Waals surface area contributed by atoms with E-state index >= 15 is 0 Å². The highest BCUT2D eigenvalue weighted by Gasteiger charge is 2.19. The van der Waals surface area contributed by atoms with Crippen molar-refractivity contribution in [3.05, 3.63) is 17.3 Å². The van der Waals surface area contributed by atoms with Gasteiger partial charge in [0.15, 0.2) is 0 Å². The number of halogens is 1. The monoisotopic (exact) mass is 297 g/mol. The molecule has 0 fully saturated rings. The summed E-state index contributed by atoms with van der Waals surface area (Å²) in [6.07, 6.45) is 3.86. The summed E-state index contributed by atoms with van der Waals surface area (Å²) in [5.74, 6) is 1.65. The molecule has 0 saturated carbocycles. The van der Waals surface area contributed by atoms with Crippen LogP contribution in [0.5, 0.6) is 0 Å². The Morgan fingerprint density at radius 3 is 2.68 bits per heavy atom. The molecule has 19 heavy (non-hydrogen) atoms. The van der Waals surface area contributed by atoms with Crippen molar-refractivity contribution in [1.29, 1.82) is 0 Å². The van der Waals surface area contributed by atoms with Crippen molar-refractivity contribution < 1.29 is 0 Å². The quantitative estimate of drug-likeness (QED) is 0.747. The number of alkyl halides is 1. The Morgan fingerprint density at radius 1 is 1.32 bits per heavy atom. The molecule has 0 radical (unpaired) electrons. The minimum atomic E-state index is 0.483. The van der Waals surface area contributed by atoms with Crippen LogP contribution in [-0.2, 0) is 0 Å². The van der Waals surface area contributed by atoms with E-state index in [9.17, 15) is 0 Å². The Hall–Kier alpha value is -0.870. The van der Waals surface area contributed by atoms with E-state index in [4.69, 9.17) is 11.6 Å². The lowest BCUT2D eigenvalue weighted by atomic mass is 10.1. The summed E-state index contributed by atoms with van der Waals surface area (Å²) in [7, 11) is 0. The number of rotatable bonds is 6. The number of hydrogen-bond acceptors (Lipinski definition) is 4. The first-order chi connectivity index (χ1) is 9.21. The van der Waals surface area contributed by atoms with Gasteiger partial charge in [0.2, 0.25) is 0 Å². The molecule has 0 aliphatic carbocycles. The summed E-state index contributed by atoms with van der Waals surface area (Å²) in [5.41, 5.74) is 0. The summed E-state index contributed by atoms with van der Waals surface area (Å²) in [5, 5.41) is 1.15. The van der Waals surface area contributed by atoms with Crippen molar-refractivity contribution in [2.75, 3.05) is 17.3 Å². The van der Waals surface area contributed by atoms with Crippen molar-refractivity contribution in [3.8, 4) is 0 Å². The molecule has 0 N–H and O–H groups in total. The van der Waals surface area contributed by atoms with Crippen LogP contribution in [0.15, 0.2) is 12.4 Å². The second-order valence-corrected chi connectivity index (χ2v) is 6.24. The minimum Gasteiger partial charge on any atom is -0.352 e. The number of hydrogen-bond donors (Lipinski definition) is 0. The second kappa shape index (κ2) is 6.53. The van der Waals surface area contributed by atoms with Gasteiger partial charge in [-0.3, -0.25) is 0 Å². The van der Waals surface area contributed by atoms with Gasteiger partial charge < -0.3 is 4.90 Å². The van der Waals surface area contributed by atoms with E-state index in [-0.39, 0.29) is 0 Å². The third kappa shape index (κ3) is 3.00. The van der Waals surface area contributed by atoms with Crippen LogP contribution in [0.25, 0.3) is 10.2 Å². The van der Waals surface area contributed by atoms with Gasteiger partial charge >= 0.3 is 0 Å². The van der Waals surface area contributed by atoms with Crippen molar-refractivity contribution in [2.24, 2.45) is 0 Å². The second-order valence-electron chi connectivity index (χ2n) is 4.63. The maximum Gasteiger partial charge on any atom is 0.141 e. The third-order valence-electron chi connectivity index (χ3n) is 3.41. The maximum absolute atomic E-state index is 5.98. The lowest BCUT2D eigenvalue weighted by Crippen LogP contribution is -2.36. The molecule has 3 nitrogen and oxygen atoms in total. The number of nitrogens with zero attached hydrogens (tertiary/aromatic N) is 3. The molecule has 0 unspecified atom stereocenters. The van der Waals surface area contributed by atoms with Crippen LogP contribution in [0.1, 0.15) is 31.6 Å². The fraction of sp³-hybridized carbons (Fsp3) is 0.571. The van der Waals surface area contributed by atoms with E-state index in [0.717, 1.165) is 35.4 Å². The average molecular weight is 298 g/mol. The third-order valence-corrected chi connectivity index (χ3v) is 4.54. The standard InChI is InChI=1S/C14H20ClN3S/c1-4-11(5-2)18(7-6-15)13-12-8-10(3)19-14(12)17-9-16-13/h8-9,11H,4-7H2,1-3H3. The van der Waals surface area contributed by atoms with Gasteiger partial charge in [-0.15, -0.1) is 22.9 Å². The normalized spacial score (nSPS) is 11.4. The predicted molar refractivity (Wildman–Crippen MR) is 84.6 cm³/mol. The summed E-state index contributed by atoms with van der Waals surface area (Å²) in [6.45, 7) is 7.37. The van der Waals surface area contributed by atoms with Gasteiger partial charge in [0.25, 0.3) is 0 Å². The van der Waals surface area contributed by atoms with Gasteiger partial charge in [0.05, 0.1) is 5.39 Å². The number of thiophene rings is 1. The van der Waals surface area contributed by atoms with E-state index in [1.807, 2.05) is 0 Å². The van der Waals surface area contributed by atoms with Crippen LogP contribution in [0.3, 0.4) is 0 Å². The Labute approximate surface area is 123 Å². The summed E-state index contributed by atoms with van der Waals surface area (Å²) in [6, 6.07) is 2.66. The number of aromatic nitrogens is 2. The van der Waals surface area contributed by atoms with Gasteiger partial charge in [-0.2, -0.15) is 0 Å². The topological polar surface area (TPSA) is 29.0 Å². The molecule has 0 amide bonds. The van der Waals surface area contributed by atoms with Crippen LogP contribution in [-0.4, -0.2) is 28.4 Å². The fourth-order valence-electron chi connectivity index (χ4n) is 2.47. The largest absolute Gasteiger partial charge is 0.352 e. The van der Waals surface area contributed by atoms with Gasteiger partial charge in [-0.25, -0.2) is 9.97 Å². The number of anilines is 1. The molecule has 104 valence electrons. The van der Waals surface area contributed by atoms with E-state index < -0.39 is 0 Å². The molecule has 2 aromatic heterocycles. The highest BCUT2D eigenvalue weighted by atomic mass is 35.5. The molecule has 0 aromatic carbocycles. The van der Waals surface area contributed by atoms with E-state index in [1.165, 1.54) is 4.88 Å². The Balaban J connectivity index is 2.48. The van der Waals surface area contributed by atoms with E-state index in [2.05, 4.69) is 41.7 Å². The molecule has 2 rings (SSSR count). The Kier molecular flexibility index (Phi) is 4.99. The van der Waals surface area contributed by atoms with Crippen molar-refractivity contribution in [2.45, 2.75) is 39.7 Å². The zero-order valence-corrected chi connectivity index (χ0v) is 13.3. The molecule has 5 heteroatoms. The summed E-state index contributed by atoms with van der Waals surface area (Å²) >= 11 is 7.70. The van der Waals surface area contributed by atoms with Crippen LogP contribution in [0.2, 0.25) is 0 Å². The zero-order valence-electron chi connectivity index (χ0n) is 11.7. The maximum atomic E-state index is 5.98. The van der Waals surface area contributed by atoms with Gasteiger partial charge in [0, 0.05) is 23.3 Å². The van der Waals surface area contributed by atoms with Crippen molar-refractivity contribution in [1.82, 2.24) is 9.97 Å². The van der Waals surface area contributed by atoms with Crippen LogP contribution < -0.4 is 4.90 Å².